The van der Waals surface area contributed by atoms with E-state index in [4.69, 9.17) is 4.99 Å². The summed E-state index contributed by atoms with van der Waals surface area (Å²) in [6.45, 7) is 4.59. The predicted octanol–water partition coefficient (Wildman–Crippen LogP) is 9.42. The maximum Gasteiger partial charge on any atom is 0.209 e. The number of fused-ring (bicyclic) bond motifs is 6. The summed E-state index contributed by atoms with van der Waals surface area (Å²) >= 11 is 0. The second-order valence-corrected chi connectivity index (χ2v) is 14.5. The third-order valence-electron chi connectivity index (χ3n) is 11.1. The number of nitrogens with zero attached hydrogens (tertiary/aromatic N) is 3. The molecule has 8 aromatic rings. The predicted molar refractivity (Wildman–Crippen MR) is 217 cm³/mol. The van der Waals surface area contributed by atoms with Crippen LogP contribution < -0.4 is 15.9 Å². The van der Waals surface area contributed by atoms with E-state index in [0.29, 0.717) is 0 Å². The van der Waals surface area contributed by atoms with Crippen molar-refractivity contribution in [3.8, 4) is 5.69 Å². The van der Waals surface area contributed by atoms with Crippen molar-refractivity contribution >= 4 is 56.5 Å². The molecule has 0 spiro atoms. The average Bonchev–Trinajstić information content (AvgIpc) is 3.71. The molecule has 4 nitrogen and oxygen atoms in total. The van der Waals surface area contributed by atoms with Crippen molar-refractivity contribution in [3.05, 3.63) is 191 Å². The van der Waals surface area contributed by atoms with Gasteiger partial charge in [0.1, 0.15) is 5.54 Å². The first kappa shape index (κ1) is 30.4. The van der Waals surface area contributed by atoms with Gasteiger partial charge in [-0.05, 0) is 66.4 Å². The summed E-state index contributed by atoms with van der Waals surface area (Å²) in [6.07, 6.45) is 8.10. The van der Waals surface area contributed by atoms with E-state index < -0.39 is 5.54 Å². The monoisotopic (exact) mass is 670 g/mol. The third-order valence-corrected chi connectivity index (χ3v) is 11.1. The average molecular weight is 671 g/mol. The number of rotatable bonds is 4. The Morgan fingerprint density at radius 3 is 1.92 bits per heavy atom. The Morgan fingerprint density at radius 1 is 0.558 bits per heavy atom. The lowest BCUT2D eigenvalue weighted by atomic mass is 9.76. The van der Waals surface area contributed by atoms with Crippen LogP contribution >= 0.6 is 0 Å². The maximum absolute atomic E-state index is 5.53. The van der Waals surface area contributed by atoms with Crippen LogP contribution in [-0.4, -0.2) is 15.1 Å². The molecule has 0 saturated carbocycles. The van der Waals surface area contributed by atoms with Crippen LogP contribution in [0.4, 0.5) is 0 Å². The van der Waals surface area contributed by atoms with Gasteiger partial charge >= 0.3 is 0 Å². The molecular weight excluding hydrogens is 633 g/mol. The van der Waals surface area contributed by atoms with Crippen molar-refractivity contribution < 1.29 is 0 Å². The summed E-state index contributed by atoms with van der Waals surface area (Å²) in [7, 11) is 0. The van der Waals surface area contributed by atoms with Gasteiger partial charge in [-0.1, -0.05) is 146 Å². The van der Waals surface area contributed by atoms with Crippen LogP contribution in [0.15, 0.2) is 169 Å². The van der Waals surface area contributed by atoms with Gasteiger partial charge in [-0.25, -0.2) is 4.99 Å². The molecule has 0 fully saturated rings. The fourth-order valence-corrected chi connectivity index (χ4v) is 8.45. The van der Waals surface area contributed by atoms with Crippen molar-refractivity contribution in [3.63, 3.8) is 0 Å². The molecule has 0 amide bonds. The molecule has 2 aromatic heterocycles. The van der Waals surface area contributed by atoms with Gasteiger partial charge in [0.15, 0.2) is 0 Å². The Bertz CT molecular complexity index is 2860. The van der Waals surface area contributed by atoms with E-state index >= 15 is 0 Å². The number of para-hydroxylation sites is 3. The summed E-state index contributed by atoms with van der Waals surface area (Å²) in [5.41, 5.74) is 8.49. The van der Waals surface area contributed by atoms with Gasteiger partial charge in [0.2, 0.25) is 5.96 Å². The first-order valence-corrected chi connectivity index (χ1v) is 18.1. The quantitative estimate of drug-likeness (QED) is 0.199. The molecular formula is C48H38N4. The molecule has 1 N–H and O–H groups in total. The summed E-state index contributed by atoms with van der Waals surface area (Å²) in [6, 6.07) is 56.5. The smallest absolute Gasteiger partial charge is 0.209 e. The van der Waals surface area contributed by atoms with Crippen LogP contribution in [0, 0.1) is 0 Å². The molecule has 6 aromatic carbocycles. The fourth-order valence-electron chi connectivity index (χ4n) is 8.45. The second kappa shape index (κ2) is 11.6. The maximum atomic E-state index is 5.53. The van der Waals surface area contributed by atoms with E-state index in [9.17, 15) is 0 Å². The van der Waals surface area contributed by atoms with E-state index in [2.05, 4.69) is 204 Å². The van der Waals surface area contributed by atoms with Crippen LogP contribution in [0.2, 0.25) is 0 Å². The molecule has 3 heterocycles. The Kier molecular flexibility index (Phi) is 6.78. The van der Waals surface area contributed by atoms with Crippen LogP contribution in [0.25, 0.3) is 56.2 Å². The summed E-state index contributed by atoms with van der Waals surface area (Å²) in [5, 5.41) is 10.1. The zero-order valence-electron chi connectivity index (χ0n) is 29.3. The molecule has 1 aliphatic heterocycles. The largest absolute Gasteiger partial charge is 0.325 e. The number of nitrogens with one attached hydrogen (secondary N) is 1. The second-order valence-electron chi connectivity index (χ2n) is 14.5. The van der Waals surface area contributed by atoms with E-state index in [0.717, 1.165) is 40.2 Å². The summed E-state index contributed by atoms with van der Waals surface area (Å²) in [4.78, 5) is 5.53. The highest BCUT2D eigenvalue weighted by molar-refractivity contribution is 6.15. The molecule has 2 unspecified atom stereocenters. The summed E-state index contributed by atoms with van der Waals surface area (Å²) < 4.78 is 4.75. The number of aromatic nitrogens is 2. The van der Waals surface area contributed by atoms with Gasteiger partial charge in [-0.15, -0.1) is 0 Å². The van der Waals surface area contributed by atoms with Crippen molar-refractivity contribution in [1.82, 2.24) is 14.5 Å². The lowest BCUT2D eigenvalue weighted by Crippen LogP contribution is -2.38. The SMILES string of the molecule is CC1(c2ccc3c4ccccc4n(C4=NC(C)(c5ccccc5)C=C(c5ccccc5)N4)c3c2)C=c2c(n(-c3ccccc3)c3ccccc23)=CC1. The standard InChI is InChI=1S/C48H38N4/c1-47(29-28-44-40(31-47)38-23-13-14-24-42(38)51(44)36-20-10-5-11-21-36)35-26-27-39-37-22-12-15-25-43(37)52(45(39)30-35)46-49-41(33-16-6-3-7-17-33)32-48(2,50-46)34-18-8-4-9-19-34/h3-28,30-32H,29H2,1-2H3,(H,49,50). The minimum absolute atomic E-state index is 0.219. The highest BCUT2D eigenvalue weighted by Crippen LogP contribution is 2.39. The van der Waals surface area contributed by atoms with Crippen molar-refractivity contribution in [1.29, 1.82) is 0 Å². The molecule has 250 valence electrons. The normalized spacial score (nSPS) is 19.7. The lowest BCUT2D eigenvalue weighted by Gasteiger charge is -2.31. The first-order chi connectivity index (χ1) is 25.5. The zero-order chi connectivity index (χ0) is 34.9. The van der Waals surface area contributed by atoms with Crippen LogP contribution in [0.5, 0.6) is 0 Å². The van der Waals surface area contributed by atoms with Gasteiger partial charge in [-0.2, -0.15) is 0 Å². The Morgan fingerprint density at radius 2 is 1.17 bits per heavy atom. The summed E-state index contributed by atoms with van der Waals surface area (Å²) in [5.74, 6) is 0.814. The number of hydrogen-bond donors (Lipinski definition) is 1. The molecule has 2 atom stereocenters. The van der Waals surface area contributed by atoms with Crippen molar-refractivity contribution in [2.45, 2.75) is 31.2 Å². The van der Waals surface area contributed by atoms with Crippen LogP contribution in [0.1, 0.15) is 37.0 Å². The van der Waals surface area contributed by atoms with Gasteiger partial charge in [-0.3, -0.25) is 4.57 Å². The van der Waals surface area contributed by atoms with Gasteiger partial charge in [0.05, 0.1) is 16.6 Å². The molecule has 52 heavy (non-hydrogen) atoms. The topological polar surface area (TPSA) is 34.2 Å². The first-order valence-electron chi connectivity index (χ1n) is 18.1. The number of aliphatic imine (C=N–C) groups is 1. The van der Waals surface area contributed by atoms with Gasteiger partial charge in [0.25, 0.3) is 0 Å². The van der Waals surface area contributed by atoms with Crippen molar-refractivity contribution in [2.75, 3.05) is 0 Å². The minimum Gasteiger partial charge on any atom is -0.325 e. The highest BCUT2D eigenvalue weighted by atomic mass is 15.2. The molecule has 2 aliphatic rings. The third kappa shape index (κ3) is 4.71. The fraction of sp³-hybridized carbons (Fsp3) is 0.104. The van der Waals surface area contributed by atoms with E-state index in [1.54, 1.807) is 0 Å². The zero-order valence-corrected chi connectivity index (χ0v) is 29.3. The Hall–Kier alpha value is -6.39. The van der Waals surface area contributed by atoms with Crippen LogP contribution in [0.3, 0.4) is 0 Å². The van der Waals surface area contributed by atoms with Crippen molar-refractivity contribution in [2.24, 2.45) is 4.99 Å². The molecule has 10 rings (SSSR count). The van der Waals surface area contributed by atoms with E-state index in [-0.39, 0.29) is 5.41 Å². The Balaban J connectivity index is 1.18. The molecule has 4 heteroatoms. The molecule has 0 bridgehead atoms. The molecule has 1 aliphatic carbocycles. The molecule has 0 radical (unpaired) electrons. The van der Waals surface area contributed by atoms with E-state index in [1.807, 2.05) is 0 Å². The minimum atomic E-state index is -0.580. The van der Waals surface area contributed by atoms with Gasteiger partial charge in [0, 0.05) is 43.5 Å². The van der Waals surface area contributed by atoms with Gasteiger partial charge < -0.3 is 9.88 Å². The van der Waals surface area contributed by atoms with E-state index in [1.165, 1.54) is 43.5 Å². The van der Waals surface area contributed by atoms with Crippen LogP contribution in [-0.2, 0) is 11.0 Å². The Labute approximate surface area is 303 Å². The lowest BCUT2D eigenvalue weighted by molar-refractivity contribution is 0.617. The number of hydrogen-bond acceptors (Lipinski definition) is 2. The number of benzene rings is 6. The highest BCUT2D eigenvalue weighted by Gasteiger charge is 2.32. The molecule has 0 saturated heterocycles.